The van der Waals surface area contributed by atoms with Gasteiger partial charge in [0, 0.05) is 5.41 Å². The summed E-state index contributed by atoms with van der Waals surface area (Å²) in [6.45, 7) is 10.6. The average molecular weight is 214 g/mol. The molecule has 1 aromatic rings. The first-order valence-electron chi connectivity index (χ1n) is 6.07. The fraction of sp³-hybridized carbons (Fsp3) is 0.375. The van der Waals surface area contributed by atoms with Crippen LogP contribution in [0.1, 0.15) is 33.3 Å². The van der Waals surface area contributed by atoms with Gasteiger partial charge < -0.3 is 0 Å². The van der Waals surface area contributed by atoms with Crippen LogP contribution >= 0.6 is 0 Å². The molecule has 0 radical (unpaired) electrons. The Morgan fingerprint density at radius 2 is 1.75 bits per heavy atom. The second-order valence-electron chi connectivity index (χ2n) is 4.57. The quantitative estimate of drug-likeness (QED) is 0.622. The topological polar surface area (TPSA) is 0 Å². The van der Waals surface area contributed by atoms with Crippen LogP contribution in [0.25, 0.3) is 12.2 Å². The van der Waals surface area contributed by atoms with E-state index in [1.54, 1.807) is 0 Å². The van der Waals surface area contributed by atoms with Crippen LogP contribution < -0.4 is 10.4 Å². The summed E-state index contributed by atoms with van der Waals surface area (Å²) in [7, 11) is 0. The maximum Gasteiger partial charge on any atom is 0.00167 e. The monoisotopic (exact) mass is 214 g/mol. The number of rotatable bonds is 0. The van der Waals surface area contributed by atoms with Crippen LogP contribution in [0.3, 0.4) is 0 Å². The van der Waals surface area contributed by atoms with Crippen molar-refractivity contribution < 1.29 is 0 Å². The first kappa shape index (κ1) is 12.8. The van der Waals surface area contributed by atoms with Gasteiger partial charge in [0.05, 0.1) is 0 Å². The lowest BCUT2D eigenvalue weighted by Crippen LogP contribution is -2.27. The van der Waals surface area contributed by atoms with Crippen LogP contribution in [0, 0.1) is 12.3 Å². The van der Waals surface area contributed by atoms with Crippen molar-refractivity contribution >= 4 is 12.2 Å². The molecule has 0 N–H and O–H groups in total. The Labute approximate surface area is 99.0 Å². The van der Waals surface area contributed by atoms with E-state index < -0.39 is 0 Å². The summed E-state index contributed by atoms with van der Waals surface area (Å²) in [6, 6.07) is 6.48. The molecular formula is C16H22. The van der Waals surface area contributed by atoms with E-state index in [9.17, 15) is 0 Å². The van der Waals surface area contributed by atoms with Crippen LogP contribution in [-0.2, 0) is 0 Å². The van der Waals surface area contributed by atoms with Gasteiger partial charge in [0.1, 0.15) is 0 Å². The molecule has 0 heteroatoms. The molecule has 2 rings (SSSR count). The highest BCUT2D eigenvalue weighted by Gasteiger charge is 2.10. The molecule has 0 aromatic heterocycles. The van der Waals surface area contributed by atoms with E-state index in [4.69, 9.17) is 0 Å². The number of fused-ring (bicyclic) bond motifs is 1. The Kier molecular flexibility index (Phi) is 4.12. The lowest BCUT2D eigenvalue weighted by molar-refractivity contribution is 0.670. The highest BCUT2D eigenvalue weighted by atomic mass is 14.1. The van der Waals surface area contributed by atoms with E-state index in [0.29, 0.717) is 0 Å². The third kappa shape index (κ3) is 2.85. The fourth-order valence-corrected chi connectivity index (χ4v) is 1.90. The lowest BCUT2D eigenvalue weighted by Gasteiger charge is -2.12. The van der Waals surface area contributed by atoms with Crippen molar-refractivity contribution in [2.75, 3.05) is 0 Å². The Hall–Kier alpha value is -1.30. The van der Waals surface area contributed by atoms with Crippen molar-refractivity contribution in [3.8, 4) is 0 Å². The number of allylic oxidation sites excluding steroid dienone is 2. The average Bonchev–Trinajstić information content (AvgIpc) is 2.39. The molecule has 0 nitrogen and oxygen atoms in total. The van der Waals surface area contributed by atoms with E-state index in [1.807, 2.05) is 13.8 Å². The van der Waals surface area contributed by atoms with Crippen molar-refractivity contribution in [3.63, 3.8) is 0 Å². The van der Waals surface area contributed by atoms with Crippen molar-refractivity contribution in [2.24, 2.45) is 5.41 Å². The van der Waals surface area contributed by atoms with Gasteiger partial charge in [0.25, 0.3) is 0 Å². The molecule has 0 atom stereocenters. The van der Waals surface area contributed by atoms with Crippen molar-refractivity contribution in [1.82, 2.24) is 0 Å². The second-order valence-corrected chi connectivity index (χ2v) is 4.57. The number of benzene rings is 1. The van der Waals surface area contributed by atoms with E-state index in [2.05, 4.69) is 63.3 Å². The Morgan fingerprint density at radius 3 is 2.44 bits per heavy atom. The minimum absolute atomic E-state index is 0.162. The summed E-state index contributed by atoms with van der Waals surface area (Å²) in [5, 5.41) is 2.70. The highest BCUT2D eigenvalue weighted by Crippen LogP contribution is 2.19. The zero-order chi connectivity index (χ0) is 12.2. The van der Waals surface area contributed by atoms with Gasteiger partial charge in [-0.3, -0.25) is 0 Å². The molecule has 0 heterocycles. The van der Waals surface area contributed by atoms with Gasteiger partial charge >= 0.3 is 0 Å². The highest BCUT2D eigenvalue weighted by molar-refractivity contribution is 5.49. The molecule has 1 aliphatic carbocycles. The lowest BCUT2D eigenvalue weighted by atomic mass is 9.92. The minimum Gasteiger partial charge on any atom is -0.0750 e. The predicted molar refractivity (Wildman–Crippen MR) is 73.6 cm³/mol. The molecule has 0 saturated carbocycles. The summed E-state index contributed by atoms with van der Waals surface area (Å²) in [4.78, 5) is 0. The standard InChI is InChI=1S/C14H16.C2H6/c1-11-6-4-7-12-10-14(2,3)9-5-8-13(11)12;1-2/h4-10H,1-3H3;1-2H3. The van der Waals surface area contributed by atoms with Gasteiger partial charge in [-0.1, -0.05) is 70.2 Å². The maximum atomic E-state index is 2.33. The SMILES string of the molecule is CC.Cc1cccc2c1=CC=CC(C)(C)C=2. The number of hydrogen-bond donors (Lipinski definition) is 0. The summed E-state index contributed by atoms with van der Waals surface area (Å²) < 4.78 is 0. The molecule has 1 aromatic carbocycles. The largest absolute Gasteiger partial charge is 0.0750 e. The Bertz CT molecular complexity index is 487. The molecule has 0 spiro atoms. The summed E-state index contributed by atoms with van der Waals surface area (Å²) in [5.74, 6) is 0. The summed E-state index contributed by atoms with van der Waals surface area (Å²) >= 11 is 0. The molecule has 0 bridgehead atoms. The third-order valence-electron chi connectivity index (χ3n) is 2.67. The van der Waals surface area contributed by atoms with Crippen LogP contribution in [-0.4, -0.2) is 0 Å². The molecule has 16 heavy (non-hydrogen) atoms. The van der Waals surface area contributed by atoms with E-state index in [1.165, 1.54) is 16.0 Å². The number of aryl methyl sites for hydroxylation is 1. The number of hydrogen-bond acceptors (Lipinski definition) is 0. The smallest absolute Gasteiger partial charge is 0.00167 e. The van der Waals surface area contributed by atoms with E-state index >= 15 is 0 Å². The molecule has 0 unspecified atom stereocenters. The first-order valence-corrected chi connectivity index (χ1v) is 6.07. The van der Waals surface area contributed by atoms with Crippen molar-refractivity contribution in [2.45, 2.75) is 34.6 Å². The molecule has 0 aliphatic heterocycles. The second kappa shape index (κ2) is 5.16. The van der Waals surface area contributed by atoms with Crippen LogP contribution in [0.5, 0.6) is 0 Å². The Morgan fingerprint density at radius 1 is 1.06 bits per heavy atom. The van der Waals surface area contributed by atoms with Crippen LogP contribution in [0.4, 0.5) is 0 Å². The molecule has 86 valence electrons. The van der Waals surface area contributed by atoms with E-state index in [0.717, 1.165) is 0 Å². The van der Waals surface area contributed by atoms with Crippen LogP contribution in [0.2, 0.25) is 0 Å². The molecule has 0 saturated heterocycles. The fourth-order valence-electron chi connectivity index (χ4n) is 1.90. The molecule has 1 aliphatic rings. The zero-order valence-electron chi connectivity index (χ0n) is 11.0. The predicted octanol–water partition coefficient (Wildman–Crippen LogP) is 3.18. The van der Waals surface area contributed by atoms with Gasteiger partial charge in [0.15, 0.2) is 0 Å². The van der Waals surface area contributed by atoms with Gasteiger partial charge in [-0.05, 0) is 22.9 Å². The first-order chi connectivity index (χ1) is 7.58. The minimum atomic E-state index is 0.162. The molecule has 0 fully saturated rings. The van der Waals surface area contributed by atoms with Crippen molar-refractivity contribution in [3.05, 3.63) is 46.4 Å². The van der Waals surface area contributed by atoms with E-state index in [-0.39, 0.29) is 5.41 Å². The van der Waals surface area contributed by atoms with Gasteiger partial charge in [0.2, 0.25) is 0 Å². The normalized spacial score (nSPS) is 15.8. The molecule has 0 amide bonds. The van der Waals surface area contributed by atoms with Gasteiger partial charge in [-0.2, -0.15) is 0 Å². The van der Waals surface area contributed by atoms with Crippen molar-refractivity contribution in [1.29, 1.82) is 0 Å². The molecular weight excluding hydrogens is 192 g/mol. The maximum absolute atomic E-state index is 2.33. The summed E-state index contributed by atoms with van der Waals surface area (Å²) in [6.07, 6.45) is 8.94. The summed E-state index contributed by atoms with van der Waals surface area (Å²) in [5.41, 5.74) is 1.51. The van der Waals surface area contributed by atoms with Gasteiger partial charge in [-0.15, -0.1) is 0 Å². The zero-order valence-corrected chi connectivity index (χ0v) is 11.0. The Balaban J connectivity index is 0.000000606. The van der Waals surface area contributed by atoms with Gasteiger partial charge in [-0.25, -0.2) is 0 Å². The third-order valence-corrected chi connectivity index (χ3v) is 2.67. The van der Waals surface area contributed by atoms with Crippen LogP contribution in [0.15, 0.2) is 30.4 Å².